The van der Waals surface area contributed by atoms with Crippen LogP contribution in [0.5, 0.6) is 0 Å². The van der Waals surface area contributed by atoms with Crippen molar-refractivity contribution in [1.29, 1.82) is 5.26 Å². The first kappa shape index (κ1) is 20.8. The highest BCUT2D eigenvalue weighted by Crippen LogP contribution is 2.51. The fraction of sp³-hybridized carbons (Fsp3) is 0.200. The van der Waals surface area contributed by atoms with Crippen LogP contribution >= 0.6 is 10.8 Å². The summed E-state index contributed by atoms with van der Waals surface area (Å²) in [4.78, 5) is 4.26. The summed E-state index contributed by atoms with van der Waals surface area (Å²) < 4.78 is 50.9. The molecule has 0 spiro atoms. The Morgan fingerprint density at radius 1 is 1.31 bits per heavy atom. The number of guanidine groups is 1. The zero-order valence-corrected chi connectivity index (χ0v) is 16.6. The summed E-state index contributed by atoms with van der Waals surface area (Å²) in [5.41, 5.74) is 5.60. The predicted molar refractivity (Wildman–Crippen MR) is 111 cm³/mol. The summed E-state index contributed by atoms with van der Waals surface area (Å²) in [7, 11) is -1.87. The van der Waals surface area contributed by atoms with Gasteiger partial charge in [0.2, 0.25) is 5.96 Å². The SMILES string of the molecule is CN1C(N)=NC(C)(c2cc(C=C(F)c3ccc(C#N)cc3)ccc2F)CS1(O)O. The Morgan fingerprint density at radius 2 is 1.97 bits per heavy atom. The standard InChI is InChI=1S/C20H20F2N4O2S/c1-20(12-29(27,28)26(2)19(24)25-20)16-9-14(5-8-17(16)21)10-18(22)15-6-3-13(11-23)4-7-15/h3-10,27-28H,12H2,1-2H3,(H2,24,25). The molecule has 3 rings (SSSR count). The maximum atomic E-state index is 14.6. The highest BCUT2D eigenvalue weighted by molar-refractivity contribution is 8.22. The number of nitrogens with zero attached hydrogens (tertiary/aromatic N) is 3. The smallest absolute Gasteiger partial charge is 0.210 e. The van der Waals surface area contributed by atoms with Gasteiger partial charge in [-0.1, -0.05) is 18.2 Å². The first-order chi connectivity index (χ1) is 13.6. The van der Waals surface area contributed by atoms with Gasteiger partial charge < -0.3 is 5.73 Å². The fourth-order valence-electron chi connectivity index (χ4n) is 3.10. The molecule has 9 heteroatoms. The van der Waals surface area contributed by atoms with Crippen molar-refractivity contribution >= 4 is 28.6 Å². The summed E-state index contributed by atoms with van der Waals surface area (Å²) in [5, 5.41) is 8.83. The van der Waals surface area contributed by atoms with Crippen LogP contribution in [-0.4, -0.2) is 32.2 Å². The molecular formula is C20H20F2N4O2S. The number of hydrogen-bond donors (Lipinski definition) is 3. The second-order valence-corrected chi connectivity index (χ2v) is 9.04. The maximum Gasteiger partial charge on any atom is 0.210 e. The minimum Gasteiger partial charge on any atom is -0.369 e. The van der Waals surface area contributed by atoms with Crippen LogP contribution in [0, 0.1) is 17.1 Å². The Kier molecular flexibility index (Phi) is 5.36. The minimum atomic E-state index is -3.27. The van der Waals surface area contributed by atoms with Gasteiger partial charge in [0.25, 0.3) is 0 Å². The van der Waals surface area contributed by atoms with E-state index in [9.17, 15) is 17.9 Å². The molecule has 0 aromatic heterocycles. The molecule has 0 aliphatic carbocycles. The third kappa shape index (κ3) is 4.10. The first-order valence-electron chi connectivity index (χ1n) is 8.58. The Labute approximate surface area is 169 Å². The van der Waals surface area contributed by atoms with Crippen molar-refractivity contribution in [3.63, 3.8) is 0 Å². The Hall–Kier alpha value is -2.93. The molecule has 1 heterocycles. The van der Waals surface area contributed by atoms with Crippen LogP contribution in [0.3, 0.4) is 0 Å². The second kappa shape index (κ2) is 7.48. The van der Waals surface area contributed by atoms with Gasteiger partial charge in [0, 0.05) is 18.2 Å². The molecule has 1 unspecified atom stereocenters. The van der Waals surface area contributed by atoms with E-state index in [-0.39, 0.29) is 22.8 Å². The molecular weight excluding hydrogens is 398 g/mol. The van der Waals surface area contributed by atoms with Crippen LogP contribution in [0.4, 0.5) is 8.78 Å². The number of hydrogen-bond acceptors (Lipinski definition) is 6. The largest absolute Gasteiger partial charge is 0.369 e. The van der Waals surface area contributed by atoms with Crippen molar-refractivity contribution in [1.82, 2.24) is 4.31 Å². The van der Waals surface area contributed by atoms with E-state index < -0.39 is 28.0 Å². The molecule has 0 saturated carbocycles. The lowest BCUT2D eigenvalue weighted by atomic mass is 9.92. The van der Waals surface area contributed by atoms with Gasteiger partial charge in [0.1, 0.15) is 17.2 Å². The van der Waals surface area contributed by atoms with E-state index in [1.807, 2.05) is 6.07 Å². The molecule has 2 aromatic carbocycles. The van der Waals surface area contributed by atoms with Crippen LogP contribution in [0.2, 0.25) is 0 Å². The molecule has 0 amide bonds. The van der Waals surface area contributed by atoms with Gasteiger partial charge in [-0.3, -0.25) is 9.11 Å². The highest BCUT2D eigenvalue weighted by Gasteiger charge is 2.41. The molecule has 6 nitrogen and oxygen atoms in total. The molecule has 152 valence electrons. The summed E-state index contributed by atoms with van der Waals surface area (Å²) in [6, 6.07) is 11.9. The van der Waals surface area contributed by atoms with E-state index in [0.717, 1.165) is 4.31 Å². The number of nitriles is 1. The molecule has 2 aromatic rings. The Bertz CT molecular complexity index is 1050. The van der Waals surface area contributed by atoms with Crippen molar-refractivity contribution in [2.24, 2.45) is 10.7 Å². The van der Waals surface area contributed by atoms with Gasteiger partial charge in [-0.15, -0.1) is 10.8 Å². The maximum absolute atomic E-state index is 14.6. The monoisotopic (exact) mass is 418 g/mol. The molecule has 1 aliphatic heterocycles. The molecule has 0 radical (unpaired) electrons. The van der Waals surface area contributed by atoms with E-state index >= 15 is 0 Å². The van der Waals surface area contributed by atoms with Crippen LogP contribution < -0.4 is 5.73 Å². The van der Waals surface area contributed by atoms with Crippen molar-refractivity contribution in [3.8, 4) is 6.07 Å². The quantitative estimate of drug-likeness (QED) is 0.644. The van der Waals surface area contributed by atoms with E-state index in [2.05, 4.69) is 4.99 Å². The zero-order valence-electron chi connectivity index (χ0n) is 15.8. The van der Waals surface area contributed by atoms with Gasteiger partial charge in [0.15, 0.2) is 0 Å². The number of nitrogens with two attached hydrogens (primary N) is 1. The summed E-state index contributed by atoms with van der Waals surface area (Å²) in [6.45, 7) is 1.55. The van der Waals surface area contributed by atoms with E-state index in [1.54, 1.807) is 6.92 Å². The number of benzene rings is 2. The van der Waals surface area contributed by atoms with Gasteiger partial charge in [0.05, 0.1) is 17.4 Å². The van der Waals surface area contributed by atoms with Crippen LogP contribution in [0.25, 0.3) is 11.9 Å². The molecule has 0 saturated heterocycles. The normalized spacial score (nSPS) is 22.6. The minimum absolute atomic E-state index is 0.0786. The third-order valence-electron chi connectivity index (χ3n) is 4.75. The van der Waals surface area contributed by atoms with Crippen molar-refractivity contribution in [3.05, 3.63) is 70.5 Å². The summed E-state index contributed by atoms with van der Waals surface area (Å²) in [6.07, 6.45) is 1.23. The van der Waals surface area contributed by atoms with Crippen molar-refractivity contribution < 1.29 is 17.9 Å². The first-order valence-corrected chi connectivity index (χ1v) is 10.3. The molecule has 1 atom stereocenters. The number of rotatable bonds is 3. The van der Waals surface area contributed by atoms with E-state index in [0.29, 0.717) is 11.1 Å². The lowest BCUT2D eigenvalue weighted by molar-refractivity contribution is 0.391. The predicted octanol–water partition coefficient (Wildman–Crippen LogP) is 4.31. The van der Waals surface area contributed by atoms with Crippen molar-refractivity contribution in [2.45, 2.75) is 12.5 Å². The Morgan fingerprint density at radius 3 is 2.55 bits per heavy atom. The molecule has 29 heavy (non-hydrogen) atoms. The summed E-state index contributed by atoms with van der Waals surface area (Å²) >= 11 is 0. The average Bonchev–Trinajstić information content (AvgIpc) is 2.67. The second-order valence-electron chi connectivity index (χ2n) is 6.94. The van der Waals surface area contributed by atoms with Gasteiger partial charge in [-0.05, 0) is 42.8 Å². The van der Waals surface area contributed by atoms with E-state index in [4.69, 9.17) is 11.0 Å². The van der Waals surface area contributed by atoms with Crippen LogP contribution in [0.1, 0.15) is 29.2 Å². The van der Waals surface area contributed by atoms with Gasteiger partial charge in [-0.25, -0.2) is 18.1 Å². The van der Waals surface area contributed by atoms with Crippen LogP contribution in [0.15, 0.2) is 47.5 Å². The topological polar surface area (TPSA) is 106 Å². The van der Waals surface area contributed by atoms with Gasteiger partial charge in [-0.2, -0.15) is 5.26 Å². The fourth-order valence-corrected chi connectivity index (χ4v) is 4.60. The number of aliphatic imine (C=N–C) groups is 1. The van der Waals surface area contributed by atoms with E-state index in [1.165, 1.54) is 55.6 Å². The molecule has 0 bridgehead atoms. The zero-order chi connectivity index (χ0) is 21.4. The lowest BCUT2D eigenvalue weighted by Gasteiger charge is -2.49. The third-order valence-corrected chi connectivity index (χ3v) is 6.76. The average molecular weight is 418 g/mol. The molecule has 0 fully saturated rings. The number of halogens is 2. The Balaban J connectivity index is 2.01. The molecule has 4 N–H and O–H groups in total. The highest BCUT2D eigenvalue weighted by atomic mass is 32.3. The van der Waals surface area contributed by atoms with Crippen LogP contribution in [-0.2, 0) is 5.54 Å². The van der Waals surface area contributed by atoms with Gasteiger partial charge >= 0.3 is 0 Å². The molecule has 1 aliphatic rings. The lowest BCUT2D eigenvalue weighted by Crippen LogP contribution is -2.47. The van der Waals surface area contributed by atoms with Crippen molar-refractivity contribution in [2.75, 3.05) is 12.8 Å². The summed E-state index contributed by atoms with van der Waals surface area (Å²) in [5.74, 6) is -1.55.